The van der Waals surface area contributed by atoms with E-state index in [0.717, 1.165) is 5.56 Å². The fourth-order valence-corrected chi connectivity index (χ4v) is 2.89. The van der Waals surface area contributed by atoms with Gasteiger partial charge in [0.1, 0.15) is 17.1 Å². The minimum absolute atomic E-state index is 0.142. The number of rotatable bonds is 5. The first kappa shape index (κ1) is 17.0. The lowest BCUT2D eigenvalue weighted by atomic mass is 9.92. The molecule has 1 heterocycles. The van der Waals surface area contributed by atoms with Crippen molar-refractivity contribution in [1.82, 2.24) is 5.32 Å². The molecule has 0 aliphatic carbocycles. The second-order valence-electron chi connectivity index (χ2n) is 6.35. The maximum absolute atomic E-state index is 13.3. The minimum atomic E-state index is -1.47. The smallest absolute Gasteiger partial charge is 0.329 e. The summed E-state index contributed by atoms with van der Waals surface area (Å²) >= 11 is 0. The normalized spacial score (nSPS) is 17.9. The zero-order chi connectivity index (χ0) is 18.0. The Bertz CT molecular complexity index is 808. The van der Waals surface area contributed by atoms with Gasteiger partial charge in [-0.2, -0.15) is 0 Å². The molecule has 25 heavy (non-hydrogen) atoms. The van der Waals surface area contributed by atoms with Gasteiger partial charge in [-0.1, -0.05) is 30.3 Å². The summed E-state index contributed by atoms with van der Waals surface area (Å²) in [4.78, 5) is 24.2. The Morgan fingerprint density at radius 1 is 1.28 bits per heavy atom. The molecule has 2 aromatic carbocycles. The number of hydrogen-bond acceptors (Lipinski definition) is 3. The molecule has 5 nitrogen and oxygen atoms in total. The summed E-state index contributed by atoms with van der Waals surface area (Å²) in [6, 6.07) is 13.1. The van der Waals surface area contributed by atoms with Crippen LogP contribution in [-0.4, -0.2) is 28.6 Å². The van der Waals surface area contributed by atoms with E-state index in [1.54, 1.807) is 12.1 Å². The predicted molar refractivity (Wildman–Crippen MR) is 88.8 cm³/mol. The maximum Gasteiger partial charge on any atom is 0.329 e. The lowest BCUT2D eigenvalue weighted by Gasteiger charge is -2.27. The number of carboxylic acids is 1. The van der Waals surface area contributed by atoms with Gasteiger partial charge in [-0.15, -0.1) is 0 Å². The van der Waals surface area contributed by atoms with Crippen LogP contribution in [0.4, 0.5) is 4.39 Å². The molecule has 0 radical (unpaired) electrons. The van der Waals surface area contributed by atoms with E-state index in [0.29, 0.717) is 11.3 Å². The molecule has 130 valence electrons. The zero-order valence-electron chi connectivity index (χ0n) is 13.7. The van der Waals surface area contributed by atoms with Gasteiger partial charge < -0.3 is 15.2 Å². The van der Waals surface area contributed by atoms with E-state index < -0.39 is 29.3 Å². The second kappa shape index (κ2) is 6.55. The van der Waals surface area contributed by atoms with Crippen molar-refractivity contribution in [2.24, 2.45) is 0 Å². The third-order valence-corrected chi connectivity index (χ3v) is 4.26. The molecule has 0 unspecified atom stereocenters. The summed E-state index contributed by atoms with van der Waals surface area (Å²) < 4.78 is 18.8. The number of carbonyl (C=O) groups is 2. The minimum Gasteiger partial charge on any atom is -0.480 e. The van der Waals surface area contributed by atoms with Gasteiger partial charge in [0.25, 0.3) is 5.91 Å². The molecule has 2 N–H and O–H groups in total. The number of hydrogen-bond donors (Lipinski definition) is 2. The molecule has 2 atom stereocenters. The van der Waals surface area contributed by atoms with Crippen LogP contribution >= 0.6 is 0 Å². The molecular weight excluding hydrogens is 325 g/mol. The summed E-state index contributed by atoms with van der Waals surface area (Å²) in [6.45, 7) is 1.46. The van der Waals surface area contributed by atoms with Crippen molar-refractivity contribution in [1.29, 1.82) is 0 Å². The van der Waals surface area contributed by atoms with Crippen LogP contribution < -0.4 is 10.1 Å². The van der Waals surface area contributed by atoms with E-state index >= 15 is 0 Å². The molecule has 0 fully saturated rings. The van der Waals surface area contributed by atoms with Gasteiger partial charge in [-0.3, -0.25) is 4.79 Å². The van der Waals surface area contributed by atoms with Crippen LogP contribution in [0.2, 0.25) is 0 Å². The first-order chi connectivity index (χ1) is 11.9. The highest BCUT2D eigenvalue weighted by Gasteiger charge is 2.39. The number of amides is 1. The first-order valence-electron chi connectivity index (χ1n) is 7.92. The number of fused-ring (bicyclic) bond motifs is 1. The molecule has 0 spiro atoms. The van der Waals surface area contributed by atoms with E-state index in [1.165, 1.54) is 25.1 Å². The summed E-state index contributed by atoms with van der Waals surface area (Å²) in [5, 5.41) is 12.2. The third-order valence-electron chi connectivity index (χ3n) is 4.26. The van der Waals surface area contributed by atoms with Gasteiger partial charge in [0, 0.05) is 18.4 Å². The lowest BCUT2D eigenvalue weighted by Crippen LogP contribution is -2.56. The number of nitrogens with one attached hydrogen (secondary N) is 1. The van der Waals surface area contributed by atoms with Crippen molar-refractivity contribution in [3.05, 3.63) is 65.5 Å². The van der Waals surface area contributed by atoms with E-state index in [2.05, 4.69) is 5.32 Å². The van der Waals surface area contributed by atoms with Crippen LogP contribution in [0.5, 0.6) is 5.75 Å². The Balaban J connectivity index is 1.73. The Labute approximate surface area is 144 Å². The summed E-state index contributed by atoms with van der Waals surface area (Å²) in [6.07, 6.45) is -0.519. The SMILES string of the molecule is C[C@@](Cc1ccccc1)(NC(=O)[C@@H]1Cc2cc(F)ccc2O1)C(=O)O. The van der Waals surface area contributed by atoms with Crippen molar-refractivity contribution in [2.75, 3.05) is 0 Å². The highest BCUT2D eigenvalue weighted by atomic mass is 19.1. The molecule has 1 aliphatic rings. The average Bonchev–Trinajstić information content (AvgIpc) is 2.98. The molecule has 6 heteroatoms. The zero-order valence-corrected chi connectivity index (χ0v) is 13.7. The fourth-order valence-electron chi connectivity index (χ4n) is 2.89. The summed E-state index contributed by atoms with van der Waals surface area (Å²) in [7, 11) is 0. The standard InChI is InChI=1S/C19H18FNO4/c1-19(18(23)24,11-12-5-3-2-4-6-12)21-17(22)16-10-13-9-14(20)7-8-15(13)25-16/h2-9,16H,10-11H2,1H3,(H,21,22)(H,23,24)/t16-,19-/m0/s1. The topological polar surface area (TPSA) is 75.6 Å². The van der Waals surface area contributed by atoms with Gasteiger partial charge in [-0.25, -0.2) is 9.18 Å². The lowest BCUT2D eigenvalue weighted by molar-refractivity contribution is -0.148. The van der Waals surface area contributed by atoms with E-state index in [-0.39, 0.29) is 12.8 Å². The van der Waals surface area contributed by atoms with E-state index in [9.17, 15) is 19.1 Å². The van der Waals surface area contributed by atoms with Crippen LogP contribution in [0, 0.1) is 5.82 Å². The quantitative estimate of drug-likeness (QED) is 0.874. The number of carbonyl (C=O) groups excluding carboxylic acids is 1. The van der Waals surface area contributed by atoms with Crippen molar-refractivity contribution in [3.63, 3.8) is 0 Å². The van der Waals surface area contributed by atoms with Gasteiger partial charge in [0.15, 0.2) is 6.10 Å². The molecule has 2 aromatic rings. The molecule has 3 rings (SSSR count). The van der Waals surface area contributed by atoms with Crippen LogP contribution in [0.3, 0.4) is 0 Å². The average molecular weight is 343 g/mol. The van der Waals surface area contributed by atoms with Gasteiger partial charge in [0.05, 0.1) is 0 Å². The molecular formula is C19H18FNO4. The first-order valence-corrected chi connectivity index (χ1v) is 7.92. The largest absolute Gasteiger partial charge is 0.480 e. The molecule has 1 aliphatic heterocycles. The number of ether oxygens (including phenoxy) is 1. The van der Waals surface area contributed by atoms with Gasteiger partial charge >= 0.3 is 5.97 Å². The molecule has 0 bridgehead atoms. The molecule has 1 amide bonds. The van der Waals surface area contributed by atoms with Gasteiger partial charge in [0.2, 0.25) is 0 Å². The molecule has 0 aromatic heterocycles. The fraction of sp³-hybridized carbons (Fsp3) is 0.263. The molecule has 0 saturated heterocycles. The van der Waals surface area contributed by atoms with Crippen molar-refractivity contribution in [2.45, 2.75) is 31.4 Å². The summed E-state index contributed by atoms with van der Waals surface area (Å²) in [5.74, 6) is -1.62. The number of carboxylic acid groups (broad SMARTS) is 1. The Morgan fingerprint density at radius 3 is 2.68 bits per heavy atom. The number of halogens is 1. The predicted octanol–water partition coefficient (Wildman–Crippen LogP) is 2.33. The Kier molecular flexibility index (Phi) is 4.44. The Morgan fingerprint density at radius 2 is 2.00 bits per heavy atom. The van der Waals surface area contributed by atoms with Crippen LogP contribution in [-0.2, 0) is 22.4 Å². The van der Waals surface area contributed by atoms with E-state index in [4.69, 9.17) is 4.74 Å². The monoisotopic (exact) mass is 343 g/mol. The van der Waals surface area contributed by atoms with Crippen molar-refractivity contribution < 1.29 is 23.8 Å². The number of aliphatic carboxylic acids is 1. The van der Waals surface area contributed by atoms with Crippen molar-refractivity contribution in [3.8, 4) is 5.75 Å². The van der Waals surface area contributed by atoms with Gasteiger partial charge in [-0.05, 0) is 30.7 Å². The Hall–Kier alpha value is -2.89. The van der Waals surface area contributed by atoms with Crippen LogP contribution in [0.15, 0.2) is 48.5 Å². The highest BCUT2D eigenvalue weighted by molar-refractivity contribution is 5.89. The third kappa shape index (κ3) is 3.63. The highest BCUT2D eigenvalue weighted by Crippen LogP contribution is 2.29. The summed E-state index contributed by atoms with van der Waals surface area (Å²) in [5.41, 5.74) is -0.0763. The maximum atomic E-state index is 13.3. The second-order valence-corrected chi connectivity index (χ2v) is 6.35. The van der Waals surface area contributed by atoms with E-state index in [1.807, 2.05) is 18.2 Å². The van der Waals surface area contributed by atoms with Crippen molar-refractivity contribution >= 4 is 11.9 Å². The number of benzene rings is 2. The molecule has 0 saturated carbocycles. The van der Waals surface area contributed by atoms with Crippen LogP contribution in [0.1, 0.15) is 18.1 Å². The van der Waals surface area contributed by atoms with Crippen LogP contribution in [0.25, 0.3) is 0 Å².